The van der Waals surface area contributed by atoms with Crippen molar-refractivity contribution in [2.24, 2.45) is 0 Å². The summed E-state index contributed by atoms with van der Waals surface area (Å²) < 4.78 is 1.97. The van der Waals surface area contributed by atoms with Crippen LogP contribution in [0, 0.1) is 6.92 Å². The summed E-state index contributed by atoms with van der Waals surface area (Å²) in [5, 5.41) is 7.59. The van der Waals surface area contributed by atoms with Crippen LogP contribution in [0.5, 0.6) is 0 Å². The highest BCUT2D eigenvalue weighted by atomic mass is 16.2. The Morgan fingerprint density at radius 3 is 2.68 bits per heavy atom. The molecule has 1 aliphatic heterocycles. The van der Waals surface area contributed by atoms with Crippen molar-refractivity contribution in [3.63, 3.8) is 0 Å². The summed E-state index contributed by atoms with van der Waals surface area (Å²) in [6, 6.07) is 18.1. The highest BCUT2D eigenvalue weighted by Gasteiger charge is 2.29. The minimum absolute atomic E-state index is 0.00678. The van der Waals surface area contributed by atoms with Crippen LogP contribution < -0.4 is 5.32 Å². The lowest BCUT2D eigenvalue weighted by Gasteiger charge is -2.12. The van der Waals surface area contributed by atoms with Crippen molar-refractivity contribution >= 4 is 5.91 Å². The third kappa shape index (κ3) is 3.18. The molecule has 1 atom stereocenters. The van der Waals surface area contributed by atoms with Gasteiger partial charge in [0.1, 0.15) is 11.6 Å². The van der Waals surface area contributed by atoms with Crippen molar-refractivity contribution in [3.05, 3.63) is 82.9 Å². The van der Waals surface area contributed by atoms with Crippen molar-refractivity contribution < 1.29 is 4.79 Å². The molecule has 0 radical (unpaired) electrons. The Hall–Kier alpha value is -2.95. The van der Waals surface area contributed by atoms with Crippen LogP contribution in [0.1, 0.15) is 39.2 Å². The van der Waals surface area contributed by atoms with E-state index < -0.39 is 0 Å². The number of benzene rings is 2. The topological polar surface area (TPSA) is 59.8 Å². The number of nitrogens with zero attached hydrogens (tertiary/aromatic N) is 3. The normalized spacial score (nSPS) is 15.9. The van der Waals surface area contributed by atoms with Crippen molar-refractivity contribution in [1.82, 2.24) is 20.1 Å². The fourth-order valence-corrected chi connectivity index (χ4v) is 3.37. The van der Waals surface area contributed by atoms with Gasteiger partial charge in [-0.05, 0) is 30.5 Å². The van der Waals surface area contributed by atoms with Crippen LogP contribution in [0.3, 0.4) is 0 Å². The molecule has 126 valence electrons. The van der Waals surface area contributed by atoms with E-state index in [0.717, 1.165) is 35.7 Å². The molecule has 2 heterocycles. The Kier molecular flexibility index (Phi) is 4.06. The molecule has 0 saturated carbocycles. The molecule has 0 aliphatic carbocycles. The number of rotatable bonds is 5. The molecular weight excluding hydrogens is 312 g/mol. The van der Waals surface area contributed by atoms with Gasteiger partial charge in [-0.15, -0.1) is 0 Å². The van der Waals surface area contributed by atoms with Gasteiger partial charge in [0, 0.05) is 18.5 Å². The highest BCUT2D eigenvalue weighted by molar-refractivity contribution is 5.99. The molecule has 1 aliphatic rings. The fourth-order valence-electron chi connectivity index (χ4n) is 3.37. The summed E-state index contributed by atoms with van der Waals surface area (Å²) in [6.45, 7) is 2.69. The number of amides is 1. The van der Waals surface area contributed by atoms with Gasteiger partial charge in [-0.1, -0.05) is 48.5 Å². The first-order valence-electron chi connectivity index (χ1n) is 8.55. The number of aromatic nitrogens is 3. The van der Waals surface area contributed by atoms with Crippen molar-refractivity contribution in [2.75, 3.05) is 0 Å². The van der Waals surface area contributed by atoms with Gasteiger partial charge in [-0.2, -0.15) is 5.10 Å². The number of fused-ring (bicyclic) bond motifs is 1. The summed E-state index contributed by atoms with van der Waals surface area (Å²) >= 11 is 0. The van der Waals surface area contributed by atoms with E-state index in [2.05, 4.69) is 27.5 Å². The molecule has 2 aromatic carbocycles. The standard InChI is InChI=1S/C20H20N4O/c1-14-21-19(24(23-14)12-11-15-7-3-2-4-8-15)13-18-16-9-5-6-10-17(16)20(25)22-18/h2-10,18H,11-13H2,1H3,(H,22,25)/t18-/m0/s1. The summed E-state index contributed by atoms with van der Waals surface area (Å²) in [7, 11) is 0. The van der Waals surface area contributed by atoms with E-state index in [1.54, 1.807) is 0 Å². The van der Waals surface area contributed by atoms with E-state index in [9.17, 15) is 4.79 Å². The molecule has 0 saturated heterocycles. The van der Waals surface area contributed by atoms with Crippen LogP contribution in [-0.2, 0) is 19.4 Å². The maximum Gasteiger partial charge on any atom is 0.252 e. The molecule has 25 heavy (non-hydrogen) atoms. The third-order valence-corrected chi connectivity index (χ3v) is 4.58. The van der Waals surface area contributed by atoms with Crippen molar-refractivity contribution in [3.8, 4) is 0 Å². The van der Waals surface area contributed by atoms with Gasteiger partial charge in [0.25, 0.3) is 5.91 Å². The van der Waals surface area contributed by atoms with Gasteiger partial charge in [0.15, 0.2) is 0 Å². The number of hydrogen-bond acceptors (Lipinski definition) is 3. The Morgan fingerprint density at radius 1 is 1.08 bits per heavy atom. The smallest absolute Gasteiger partial charge is 0.252 e. The van der Waals surface area contributed by atoms with Gasteiger partial charge in [0.05, 0.1) is 6.04 Å². The predicted octanol–water partition coefficient (Wildman–Crippen LogP) is 2.86. The second-order valence-electron chi connectivity index (χ2n) is 6.35. The van der Waals surface area contributed by atoms with Crippen LogP contribution >= 0.6 is 0 Å². The predicted molar refractivity (Wildman–Crippen MR) is 95.3 cm³/mol. The van der Waals surface area contributed by atoms with Crippen LogP contribution in [0.25, 0.3) is 0 Å². The lowest BCUT2D eigenvalue weighted by molar-refractivity contribution is 0.0956. The molecular formula is C20H20N4O. The third-order valence-electron chi connectivity index (χ3n) is 4.58. The lowest BCUT2D eigenvalue weighted by atomic mass is 10.0. The second-order valence-corrected chi connectivity index (χ2v) is 6.35. The van der Waals surface area contributed by atoms with E-state index in [0.29, 0.717) is 6.42 Å². The molecule has 0 fully saturated rings. The molecule has 1 amide bonds. The first kappa shape index (κ1) is 15.6. The molecule has 0 spiro atoms. The molecule has 1 aromatic heterocycles. The Balaban J connectivity index is 1.53. The summed E-state index contributed by atoms with van der Waals surface area (Å²) in [4.78, 5) is 16.7. The van der Waals surface area contributed by atoms with Gasteiger partial charge in [0.2, 0.25) is 0 Å². The van der Waals surface area contributed by atoms with Crippen LogP contribution in [0.2, 0.25) is 0 Å². The SMILES string of the molecule is Cc1nc(C[C@@H]2NC(=O)c3ccccc32)n(CCc2ccccc2)n1. The van der Waals surface area contributed by atoms with Gasteiger partial charge in [-0.25, -0.2) is 9.67 Å². The largest absolute Gasteiger partial charge is 0.345 e. The van der Waals surface area contributed by atoms with E-state index in [-0.39, 0.29) is 11.9 Å². The van der Waals surface area contributed by atoms with Gasteiger partial charge in [-0.3, -0.25) is 4.79 Å². The van der Waals surface area contributed by atoms with E-state index >= 15 is 0 Å². The average Bonchev–Trinajstić information content (AvgIpc) is 3.14. The highest BCUT2D eigenvalue weighted by Crippen LogP contribution is 2.27. The van der Waals surface area contributed by atoms with E-state index in [1.807, 2.05) is 54.1 Å². The van der Waals surface area contributed by atoms with Crippen LogP contribution in [0.4, 0.5) is 0 Å². The Morgan fingerprint density at radius 2 is 1.84 bits per heavy atom. The molecule has 5 nitrogen and oxygen atoms in total. The number of carbonyl (C=O) groups is 1. The van der Waals surface area contributed by atoms with Crippen molar-refractivity contribution in [1.29, 1.82) is 0 Å². The molecule has 0 unspecified atom stereocenters. The van der Waals surface area contributed by atoms with Crippen LogP contribution in [0.15, 0.2) is 54.6 Å². The Labute approximate surface area is 146 Å². The lowest BCUT2D eigenvalue weighted by Crippen LogP contribution is -2.22. The first-order valence-corrected chi connectivity index (χ1v) is 8.55. The maximum absolute atomic E-state index is 12.1. The number of aryl methyl sites for hydroxylation is 3. The molecule has 0 bridgehead atoms. The molecule has 4 rings (SSSR count). The van der Waals surface area contributed by atoms with E-state index in [1.165, 1.54) is 5.56 Å². The summed E-state index contributed by atoms with van der Waals surface area (Å²) in [5.41, 5.74) is 3.09. The molecule has 5 heteroatoms. The molecule has 3 aromatic rings. The van der Waals surface area contributed by atoms with Crippen molar-refractivity contribution in [2.45, 2.75) is 32.4 Å². The monoisotopic (exact) mass is 332 g/mol. The number of hydrogen-bond donors (Lipinski definition) is 1. The summed E-state index contributed by atoms with van der Waals surface area (Å²) in [6.07, 6.45) is 1.56. The number of carbonyl (C=O) groups excluding carboxylic acids is 1. The zero-order chi connectivity index (χ0) is 17.2. The van der Waals surface area contributed by atoms with E-state index in [4.69, 9.17) is 0 Å². The summed E-state index contributed by atoms with van der Waals surface area (Å²) in [5.74, 6) is 1.67. The molecule has 1 N–H and O–H groups in total. The number of nitrogens with one attached hydrogen (secondary N) is 1. The fraction of sp³-hybridized carbons (Fsp3) is 0.250. The second kappa shape index (κ2) is 6.51. The minimum atomic E-state index is -0.0391. The minimum Gasteiger partial charge on any atom is -0.345 e. The average molecular weight is 332 g/mol. The zero-order valence-corrected chi connectivity index (χ0v) is 14.1. The first-order chi connectivity index (χ1) is 12.2. The van der Waals surface area contributed by atoms with Gasteiger partial charge >= 0.3 is 0 Å². The maximum atomic E-state index is 12.1. The zero-order valence-electron chi connectivity index (χ0n) is 14.1. The quantitative estimate of drug-likeness (QED) is 0.781. The Bertz CT molecular complexity index is 901. The van der Waals surface area contributed by atoms with Crippen LogP contribution in [-0.4, -0.2) is 20.7 Å². The van der Waals surface area contributed by atoms with Gasteiger partial charge < -0.3 is 5.32 Å².